The lowest BCUT2D eigenvalue weighted by Gasteiger charge is -2.27. The number of thiazole rings is 1. The maximum atomic E-state index is 12.7. The van der Waals surface area contributed by atoms with Gasteiger partial charge in [-0.1, -0.05) is 0 Å². The van der Waals surface area contributed by atoms with Crippen LogP contribution in [0.15, 0.2) is 18.2 Å². The van der Waals surface area contributed by atoms with E-state index in [1.807, 2.05) is 30.0 Å². The largest absolute Gasteiger partial charge is 0.493 e. The van der Waals surface area contributed by atoms with Crippen LogP contribution in [0.3, 0.4) is 0 Å². The van der Waals surface area contributed by atoms with E-state index in [9.17, 15) is 4.79 Å². The molecule has 1 fully saturated rings. The Kier molecular flexibility index (Phi) is 5.01. The highest BCUT2D eigenvalue weighted by atomic mass is 32.1. The summed E-state index contributed by atoms with van der Waals surface area (Å²) in [5, 5.41) is 4.07. The van der Waals surface area contributed by atoms with Crippen LogP contribution < -0.4 is 14.8 Å². The van der Waals surface area contributed by atoms with Gasteiger partial charge < -0.3 is 19.7 Å². The summed E-state index contributed by atoms with van der Waals surface area (Å²) in [4.78, 5) is 19.9. The van der Waals surface area contributed by atoms with Gasteiger partial charge in [-0.25, -0.2) is 4.98 Å². The molecule has 128 valence electrons. The minimum Gasteiger partial charge on any atom is -0.493 e. The fourth-order valence-electron chi connectivity index (χ4n) is 2.70. The first-order valence-corrected chi connectivity index (χ1v) is 8.65. The average Bonchev–Trinajstić information content (AvgIpc) is 3.03. The molecule has 0 unspecified atom stereocenters. The highest BCUT2D eigenvalue weighted by Gasteiger charge is 2.23. The molecule has 1 aliphatic rings. The predicted octanol–water partition coefficient (Wildman–Crippen LogP) is 2.18. The Balaban J connectivity index is 1.89. The van der Waals surface area contributed by atoms with Gasteiger partial charge in [-0.05, 0) is 25.1 Å². The first-order valence-electron chi connectivity index (χ1n) is 7.84. The van der Waals surface area contributed by atoms with Gasteiger partial charge in [-0.3, -0.25) is 4.79 Å². The molecule has 3 rings (SSSR count). The fraction of sp³-hybridized carbons (Fsp3) is 0.412. The second-order valence-corrected chi connectivity index (χ2v) is 6.54. The summed E-state index contributed by atoms with van der Waals surface area (Å²) in [6.07, 6.45) is 0. The molecule has 1 N–H and O–H groups in total. The van der Waals surface area contributed by atoms with Crippen LogP contribution in [-0.2, 0) is 0 Å². The first-order chi connectivity index (χ1) is 11.6. The normalized spacial score (nSPS) is 14.5. The number of hydrogen-bond acceptors (Lipinski definition) is 6. The monoisotopic (exact) mass is 347 g/mol. The molecule has 6 nitrogen and oxygen atoms in total. The van der Waals surface area contributed by atoms with Crippen LogP contribution in [0.4, 0.5) is 0 Å². The third kappa shape index (κ3) is 3.22. The van der Waals surface area contributed by atoms with Crippen LogP contribution in [0.2, 0.25) is 0 Å². The highest BCUT2D eigenvalue weighted by molar-refractivity contribution is 7.17. The SMILES string of the molecule is COc1ccc(-c2nc(C)c(C(=O)N3CCNCC3)s2)cc1OC. The van der Waals surface area contributed by atoms with Crippen LogP contribution in [0.25, 0.3) is 10.6 Å². The van der Waals surface area contributed by atoms with Crippen LogP contribution in [0.1, 0.15) is 15.4 Å². The summed E-state index contributed by atoms with van der Waals surface area (Å²) in [5.74, 6) is 1.39. The van der Waals surface area contributed by atoms with Crippen molar-refractivity contribution in [1.82, 2.24) is 15.2 Å². The maximum absolute atomic E-state index is 12.7. The summed E-state index contributed by atoms with van der Waals surface area (Å²) in [7, 11) is 3.21. The third-order valence-electron chi connectivity index (χ3n) is 4.03. The van der Waals surface area contributed by atoms with Crippen molar-refractivity contribution in [3.05, 3.63) is 28.8 Å². The smallest absolute Gasteiger partial charge is 0.265 e. The lowest BCUT2D eigenvalue weighted by atomic mass is 10.2. The number of aromatic nitrogens is 1. The van der Waals surface area contributed by atoms with Crippen molar-refractivity contribution in [2.45, 2.75) is 6.92 Å². The summed E-state index contributed by atoms with van der Waals surface area (Å²) in [5.41, 5.74) is 1.69. The van der Waals surface area contributed by atoms with E-state index < -0.39 is 0 Å². The summed E-state index contributed by atoms with van der Waals surface area (Å²) in [6, 6.07) is 5.66. The predicted molar refractivity (Wildman–Crippen MR) is 94.2 cm³/mol. The van der Waals surface area contributed by atoms with E-state index in [0.29, 0.717) is 16.4 Å². The van der Waals surface area contributed by atoms with Gasteiger partial charge in [0.05, 0.1) is 19.9 Å². The second kappa shape index (κ2) is 7.19. The Bertz CT molecular complexity index is 739. The van der Waals surface area contributed by atoms with Gasteiger partial charge in [0.25, 0.3) is 5.91 Å². The Morgan fingerprint density at radius 2 is 1.92 bits per heavy atom. The van der Waals surface area contributed by atoms with E-state index in [1.54, 1.807) is 14.2 Å². The van der Waals surface area contributed by atoms with Gasteiger partial charge in [-0.15, -0.1) is 11.3 Å². The zero-order chi connectivity index (χ0) is 17.1. The van der Waals surface area contributed by atoms with E-state index in [4.69, 9.17) is 9.47 Å². The summed E-state index contributed by atoms with van der Waals surface area (Å²) < 4.78 is 10.6. The molecule has 0 bridgehead atoms. The first kappa shape index (κ1) is 16.7. The van der Waals surface area contributed by atoms with Gasteiger partial charge >= 0.3 is 0 Å². The number of carbonyl (C=O) groups excluding carboxylic acids is 1. The maximum Gasteiger partial charge on any atom is 0.265 e. The molecule has 1 amide bonds. The molecule has 1 aliphatic heterocycles. The molecule has 0 aliphatic carbocycles. The molecule has 1 saturated heterocycles. The number of amides is 1. The van der Waals surface area contributed by atoms with Crippen molar-refractivity contribution in [1.29, 1.82) is 0 Å². The molecule has 0 atom stereocenters. The molecule has 2 heterocycles. The number of benzene rings is 1. The van der Waals surface area contributed by atoms with Gasteiger partial charge in [0.15, 0.2) is 11.5 Å². The van der Waals surface area contributed by atoms with E-state index >= 15 is 0 Å². The molecule has 2 aromatic rings. The summed E-state index contributed by atoms with van der Waals surface area (Å²) >= 11 is 1.43. The lowest BCUT2D eigenvalue weighted by Crippen LogP contribution is -2.46. The molecule has 1 aromatic heterocycles. The van der Waals surface area contributed by atoms with Crippen molar-refractivity contribution < 1.29 is 14.3 Å². The average molecular weight is 347 g/mol. The number of methoxy groups -OCH3 is 2. The Morgan fingerprint density at radius 1 is 1.21 bits per heavy atom. The molecule has 24 heavy (non-hydrogen) atoms. The van der Waals surface area contributed by atoms with Gasteiger partial charge in [0, 0.05) is 31.7 Å². The number of piperazine rings is 1. The summed E-state index contributed by atoms with van der Waals surface area (Å²) in [6.45, 7) is 5.04. The Labute approximate surface area is 145 Å². The minimum absolute atomic E-state index is 0.0678. The molecule has 7 heteroatoms. The van der Waals surface area contributed by atoms with E-state index in [2.05, 4.69) is 10.3 Å². The molecular weight excluding hydrogens is 326 g/mol. The second-order valence-electron chi connectivity index (χ2n) is 5.55. The fourth-order valence-corrected chi connectivity index (χ4v) is 3.73. The topological polar surface area (TPSA) is 63.7 Å². The van der Waals surface area contributed by atoms with Gasteiger partial charge in [0.1, 0.15) is 9.88 Å². The molecule has 0 radical (unpaired) electrons. The lowest BCUT2D eigenvalue weighted by molar-refractivity contribution is 0.0739. The Morgan fingerprint density at radius 3 is 2.58 bits per heavy atom. The van der Waals surface area contributed by atoms with Crippen LogP contribution >= 0.6 is 11.3 Å². The van der Waals surface area contributed by atoms with Crippen molar-refractivity contribution in [3.8, 4) is 22.1 Å². The van der Waals surface area contributed by atoms with Gasteiger partial charge in [-0.2, -0.15) is 0 Å². The van der Waals surface area contributed by atoms with Crippen molar-refractivity contribution in [2.75, 3.05) is 40.4 Å². The third-order valence-corrected chi connectivity index (χ3v) is 5.22. The van der Waals surface area contributed by atoms with Crippen molar-refractivity contribution in [2.24, 2.45) is 0 Å². The van der Waals surface area contributed by atoms with E-state index in [1.165, 1.54) is 11.3 Å². The zero-order valence-corrected chi connectivity index (χ0v) is 14.9. The number of aryl methyl sites for hydroxylation is 1. The standard InChI is InChI=1S/C17H21N3O3S/c1-11-15(17(21)20-8-6-18-7-9-20)24-16(19-11)12-4-5-13(22-2)14(10-12)23-3/h4-5,10,18H,6-9H2,1-3H3. The van der Waals surface area contributed by atoms with E-state index in [0.717, 1.165) is 42.4 Å². The molecular formula is C17H21N3O3S. The van der Waals surface area contributed by atoms with Crippen LogP contribution in [0.5, 0.6) is 11.5 Å². The number of hydrogen-bond donors (Lipinski definition) is 1. The van der Waals surface area contributed by atoms with E-state index in [-0.39, 0.29) is 5.91 Å². The number of nitrogens with one attached hydrogen (secondary N) is 1. The van der Waals surface area contributed by atoms with Crippen LogP contribution in [0, 0.1) is 6.92 Å². The molecule has 1 aromatic carbocycles. The highest BCUT2D eigenvalue weighted by Crippen LogP contribution is 2.35. The molecule has 0 saturated carbocycles. The zero-order valence-electron chi connectivity index (χ0n) is 14.1. The number of ether oxygens (including phenoxy) is 2. The number of rotatable bonds is 4. The minimum atomic E-state index is 0.0678. The number of carbonyl (C=O) groups is 1. The Hall–Kier alpha value is -2.12. The van der Waals surface area contributed by atoms with Crippen LogP contribution in [-0.4, -0.2) is 56.2 Å². The molecule has 0 spiro atoms. The quantitative estimate of drug-likeness (QED) is 0.918. The van der Waals surface area contributed by atoms with Crippen molar-refractivity contribution in [3.63, 3.8) is 0 Å². The van der Waals surface area contributed by atoms with Gasteiger partial charge in [0.2, 0.25) is 0 Å². The van der Waals surface area contributed by atoms with Crippen molar-refractivity contribution >= 4 is 17.2 Å². The number of nitrogens with zero attached hydrogens (tertiary/aromatic N) is 2.